The van der Waals surface area contributed by atoms with Crippen molar-refractivity contribution >= 4 is 15.9 Å². The fourth-order valence-electron chi connectivity index (χ4n) is 3.03. The lowest BCUT2D eigenvalue weighted by Gasteiger charge is -2.15. The highest BCUT2D eigenvalue weighted by Gasteiger charge is 2.19. The van der Waals surface area contributed by atoms with Gasteiger partial charge in [0.25, 0.3) is 0 Å². The average Bonchev–Trinajstić information content (AvgIpc) is 2.98. The number of hydrogen-bond donors (Lipinski definition) is 2. The van der Waals surface area contributed by atoms with Crippen LogP contribution < -0.4 is 19.5 Å². The number of ether oxygens (including phenoxy) is 2. The van der Waals surface area contributed by atoms with Gasteiger partial charge in [-0.15, -0.1) is 0 Å². The minimum atomic E-state index is -3.77. The van der Waals surface area contributed by atoms with Crippen LogP contribution in [0.2, 0.25) is 0 Å². The van der Waals surface area contributed by atoms with E-state index < -0.39 is 27.7 Å². The van der Waals surface area contributed by atoms with Crippen LogP contribution in [0.4, 0.5) is 8.78 Å². The summed E-state index contributed by atoms with van der Waals surface area (Å²) in [6.07, 6.45) is 1.05. The molecule has 7 nitrogen and oxygen atoms in total. The molecule has 10 heteroatoms. The Morgan fingerprint density at radius 3 is 2.55 bits per heavy atom. The molecule has 0 unspecified atom stereocenters. The number of fused-ring (bicyclic) bond motifs is 1. The summed E-state index contributed by atoms with van der Waals surface area (Å²) in [4.78, 5) is 12.1. The van der Waals surface area contributed by atoms with Gasteiger partial charge in [0.1, 0.15) is 0 Å². The number of carbonyl (C=O) groups is 1. The second-order valence-corrected chi connectivity index (χ2v) is 8.89. The zero-order valence-corrected chi connectivity index (χ0v) is 17.8. The fraction of sp³-hybridized carbons (Fsp3) is 0.381. The van der Waals surface area contributed by atoms with Crippen molar-refractivity contribution in [1.82, 2.24) is 10.0 Å². The van der Waals surface area contributed by atoms with Crippen LogP contribution in [0.25, 0.3) is 0 Å². The highest BCUT2D eigenvalue weighted by atomic mass is 32.2. The molecule has 0 radical (unpaired) electrons. The molecule has 0 fully saturated rings. The predicted molar refractivity (Wildman–Crippen MR) is 109 cm³/mol. The van der Waals surface area contributed by atoms with Gasteiger partial charge in [0.15, 0.2) is 23.1 Å². The van der Waals surface area contributed by atoms with Crippen LogP contribution >= 0.6 is 0 Å². The summed E-state index contributed by atoms with van der Waals surface area (Å²) in [7, 11) is -3.77. The number of nitrogens with one attached hydrogen (secondary N) is 2. The lowest BCUT2D eigenvalue weighted by Crippen LogP contribution is -2.29. The third kappa shape index (κ3) is 6.14. The Kier molecular flexibility index (Phi) is 7.45. The summed E-state index contributed by atoms with van der Waals surface area (Å²) in [6.45, 7) is 2.66. The summed E-state index contributed by atoms with van der Waals surface area (Å²) in [5.41, 5.74) is 0.433. The molecule has 1 aliphatic heterocycles. The molecule has 168 valence electrons. The van der Waals surface area contributed by atoms with Gasteiger partial charge in [0.05, 0.1) is 24.2 Å². The number of halogens is 2. The maximum Gasteiger partial charge on any atom is 0.240 e. The zero-order chi connectivity index (χ0) is 22.4. The number of amides is 1. The molecule has 0 saturated heterocycles. The van der Waals surface area contributed by atoms with Crippen molar-refractivity contribution in [2.24, 2.45) is 0 Å². The standard InChI is InChI=1S/C21H24F2N2O5S/c1-14(15-5-7-17(22)18(23)12-15)25-21(26)4-2-9-24-31(27,28)16-6-8-19-20(13-16)30-11-3-10-29-19/h5-8,12-14,24H,2-4,9-11H2,1H3,(H,25,26)/t14-/m0/s1. The molecule has 2 N–H and O–H groups in total. The van der Waals surface area contributed by atoms with Gasteiger partial charge in [-0.3, -0.25) is 4.79 Å². The van der Waals surface area contributed by atoms with E-state index in [2.05, 4.69) is 10.0 Å². The topological polar surface area (TPSA) is 93.7 Å². The molecule has 31 heavy (non-hydrogen) atoms. The predicted octanol–water partition coefficient (Wildman–Crippen LogP) is 3.06. The molecule has 0 aromatic heterocycles. The van der Waals surface area contributed by atoms with Crippen LogP contribution in [-0.2, 0) is 14.8 Å². The highest BCUT2D eigenvalue weighted by molar-refractivity contribution is 7.89. The molecule has 1 amide bonds. The molecule has 2 aromatic carbocycles. The molecule has 1 aliphatic rings. The van der Waals surface area contributed by atoms with E-state index in [9.17, 15) is 22.0 Å². The third-order valence-corrected chi connectivity index (χ3v) is 6.18. The van der Waals surface area contributed by atoms with Gasteiger partial charge in [-0.2, -0.15) is 0 Å². The van der Waals surface area contributed by atoms with Gasteiger partial charge in [-0.25, -0.2) is 21.9 Å². The second kappa shape index (κ2) is 10.1. The minimum Gasteiger partial charge on any atom is -0.490 e. The summed E-state index contributed by atoms with van der Waals surface area (Å²) in [5.74, 6) is -1.38. The molecule has 0 saturated carbocycles. The maximum atomic E-state index is 13.3. The van der Waals surface area contributed by atoms with Crippen molar-refractivity contribution in [1.29, 1.82) is 0 Å². The first kappa shape index (κ1) is 23.0. The molecule has 0 bridgehead atoms. The van der Waals surface area contributed by atoms with Crippen LogP contribution in [0.1, 0.15) is 37.8 Å². The van der Waals surface area contributed by atoms with Gasteiger partial charge in [0.2, 0.25) is 15.9 Å². The first-order chi connectivity index (χ1) is 14.8. The first-order valence-electron chi connectivity index (χ1n) is 9.90. The van der Waals surface area contributed by atoms with Gasteiger partial charge in [-0.1, -0.05) is 6.07 Å². The lowest BCUT2D eigenvalue weighted by atomic mass is 10.1. The Bertz CT molecular complexity index is 1050. The molecular formula is C21H24F2N2O5S. The highest BCUT2D eigenvalue weighted by Crippen LogP contribution is 2.31. The van der Waals surface area contributed by atoms with E-state index in [-0.39, 0.29) is 30.2 Å². The molecule has 1 atom stereocenters. The van der Waals surface area contributed by atoms with E-state index in [1.165, 1.54) is 18.2 Å². The van der Waals surface area contributed by atoms with Gasteiger partial charge >= 0.3 is 0 Å². The van der Waals surface area contributed by atoms with Crippen LogP contribution in [0.15, 0.2) is 41.3 Å². The van der Waals surface area contributed by atoms with Crippen molar-refractivity contribution in [3.8, 4) is 11.5 Å². The van der Waals surface area contributed by atoms with Crippen LogP contribution in [-0.4, -0.2) is 34.1 Å². The van der Waals surface area contributed by atoms with Crippen molar-refractivity contribution in [3.05, 3.63) is 53.6 Å². The summed E-state index contributed by atoms with van der Waals surface area (Å²) in [5, 5.41) is 2.68. The zero-order valence-electron chi connectivity index (χ0n) is 17.0. The van der Waals surface area contributed by atoms with Crippen LogP contribution in [0.3, 0.4) is 0 Å². The molecule has 2 aromatic rings. The van der Waals surface area contributed by atoms with Crippen molar-refractivity contribution in [2.75, 3.05) is 19.8 Å². The largest absolute Gasteiger partial charge is 0.490 e. The molecule has 3 rings (SSSR count). The van der Waals surface area contributed by atoms with Crippen LogP contribution in [0, 0.1) is 11.6 Å². The number of rotatable bonds is 8. The van der Waals surface area contributed by atoms with E-state index in [0.717, 1.165) is 12.1 Å². The number of carbonyl (C=O) groups excluding carboxylic acids is 1. The van der Waals surface area contributed by atoms with E-state index in [0.29, 0.717) is 36.7 Å². The summed E-state index contributed by atoms with van der Waals surface area (Å²) >= 11 is 0. The first-order valence-corrected chi connectivity index (χ1v) is 11.4. The normalized spacial score (nSPS) is 14.5. The average molecular weight is 454 g/mol. The van der Waals surface area contributed by atoms with Crippen molar-refractivity contribution in [2.45, 2.75) is 37.1 Å². The Labute approximate surface area is 179 Å². The van der Waals surface area contributed by atoms with E-state index >= 15 is 0 Å². The number of sulfonamides is 1. The lowest BCUT2D eigenvalue weighted by molar-refractivity contribution is -0.121. The summed E-state index contributed by atoms with van der Waals surface area (Å²) < 4.78 is 64.8. The minimum absolute atomic E-state index is 0.0492. The number of hydrogen-bond acceptors (Lipinski definition) is 5. The Hall–Kier alpha value is -2.72. The smallest absolute Gasteiger partial charge is 0.240 e. The van der Waals surface area contributed by atoms with E-state index in [1.54, 1.807) is 13.0 Å². The molecular weight excluding hydrogens is 430 g/mol. The Morgan fingerprint density at radius 1 is 1.06 bits per heavy atom. The summed E-state index contributed by atoms with van der Waals surface area (Å²) in [6, 6.07) is 7.33. The molecule has 1 heterocycles. The van der Waals surface area contributed by atoms with Gasteiger partial charge < -0.3 is 14.8 Å². The van der Waals surface area contributed by atoms with E-state index in [4.69, 9.17) is 9.47 Å². The van der Waals surface area contributed by atoms with E-state index in [1.807, 2.05) is 0 Å². The molecule has 0 aliphatic carbocycles. The Balaban J connectivity index is 1.47. The Morgan fingerprint density at radius 2 is 1.81 bits per heavy atom. The SMILES string of the molecule is C[C@H](NC(=O)CCCNS(=O)(=O)c1ccc2c(c1)OCCCO2)c1ccc(F)c(F)c1. The number of benzene rings is 2. The fourth-order valence-corrected chi connectivity index (χ4v) is 4.12. The quantitative estimate of drug-likeness (QED) is 0.598. The molecule has 0 spiro atoms. The third-order valence-electron chi connectivity index (χ3n) is 4.72. The second-order valence-electron chi connectivity index (χ2n) is 7.12. The van der Waals surface area contributed by atoms with Crippen molar-refractivity contribution in [3.63, 3.8) is 0 Å². The van der Waals surface area contributed by atoms with Gasteiger partial charge in [0, 0.05) is 25.5 Å². The van der Waals surface area contributed by atoms with Crippen LogP contribution in [0.5, 0.6) is 11.5 Å². The van der Waals surface area contributed by atoms with Crippen molar-refractivity contribution < 1.29 is 31.5 Å². The monoisotopic (exact) mass is 454 g/mol. The van der Waals surface area contributed by atoms with Gasteiger partial charge in [-0.05, 0) is 43.2 Å². The maximum absolute atomic E-state index is 13.3.